The van der Waals surface area contributed by atoms with Crippen molar-refractivity contribution in [1.82, 2.24) is 19.4 Å². The highest BCUT2D eigenvalue weighted by Gasteiger charge is 2.28. The summed E-state index contributed by atoms with van der Waals surface area (Å²) in [6, 6.07) is 14.5. The monoisotopic (exact) mass is 408 g/mol. The first kappa shape index (κ1) is 20.5. The lowest BCUT2D eigenvalue weighted by molar-refractivity contribution is -0.136. The summed E-state index contributed by atoms with van der Waals surface area (Å²) < 4.78 is 15.6. The molecule has 1 amide bonds. The minimum Gasteiger partial charge on any atom is -0.345 e. The fraction of sp³-hybridized carbons (Fsp3) is 0.417. The minimum absolute atomic E-state index is 0.0407. The third kappa shape index (κ3) is 4.24. The minimum atomic E-state index is -0.252. The van der Waals surface area contributed by atoms with Gasteiger partial charge < -0.3 is 4.90 Å². The number of hydrogen-bond acceptors (Lipinski definition) is 3. The van der Waals surface area contributed by atoms with Gasteiger partial charge in [0.2, 0.25) is 5.91 Å². The Bertz CT molecular complexity index is 1010. The second kappa shape index (κ2) is 8.96. The molecule has 0 N–H and O–H groups in total. The molecule has 1 aromatic heterocycles. The summed E-state index contributed by atoms with van der Waals surface area (Å²) in [5.41, 5.74) is 2.82. The van der Waals surface area contributed by atoms with Crippen molar-refractivity contribution in [3.8, 4) is 5.69 Å². The molecule has 0 unspecified atom stereocenters. The van der Waals surface area contributed by atoms with Crippen molar-refractivity contribution in [2.24, 2.45) is 5.92 Å². The Hall–Kier alpha value is -2.73. The molecule has 0 bridgehead atoms. The lowest BCUT2D eigenvalue weighted by Crippen LogP contribution is -2.43. The van der Waals surface area contributed by atoms with E-state index in [1.165, 1.54) is 12.1 Å². The van der Waals surface area contributed by atoms with Crippen LogP contribution in [0.4, 0.5) is 4.39 Å². The van der Waals surface area contributed by atoms with Gasteiger partial charge in [0.15, 0.2) is 0 Å². The van der Waals surface area contributed by atoms with Crippen molar-refractivity contribution in [3.05, 3.63) is 60.2 Å². The third-order valence-corrected chi connectivity index (χ3v) is 5.87. The van der Waals surface area contributed by atoms with Gasteiger partial charge in [-0.05, 0) is 62.2 Å². The average molecular weight is 409 g/mol. The molecule has 5 nitrogen and oxygen atoms in total. The zero-order chi connectivity index (χ0) is 21.1. The molecule has 0 radical (unpaired) electrons. The maximum absolute atomic E-state index is 13.5. The topological polar surface area (TPSA) is 41.4 Å². The lowest BCUT2D eigenvalue weighted by atomic mass is 9.96. The van der Waals surface area contributed by atoms with E-state index >= 15 is 0 Å². The summed E-state index contributed by atoms with van der Waals surface area (Å²) in [5.74, 6) is 0.948. The highest BCUT2D eigenvalue weighted by molar-refractivity contribution is 5.79. The maximum Gasteiger partial charge on any atom is 0.226 e. The van der Waals surface area contributed by atoms with E-state index < -0.39 is 0 Å². The van der Waals surface area contributed by atoms with Crippen LogP contribution in [0, 0.1) is 11.7 Å². The van der Waals surface area contributed by atoms with E-state index in [2.05, 4.69) is 16.4 Å². The molecule has 158 valence electrons. The van der Waals surface area contributed by atoms with E-state index in [0.29, 0.717) is 6.54 Å². The van der Waals surface area contributed by atoms with Crippen LogP contribution in [0.3, 0.4) is 0 Å². The second-order valence-corrected chi connectivity index (χ2v) is 8.16. The fourth-order valence-corrected chi connectivity index (χ4v) is 4.42. The normalized spacial score (nSPS) is 17.4. The van der Waals surface area contributed by atoms with Crippen LogP contribution in [0.5, 0.6) is 0 Å². The van der Waals surface area contributed by atoms with Crippen LogP contribution in [0.15, 0.2) is 48.5 Å². The van der Waals surface area contributed by atoms with E-state index in [1.54, 1.807) is 12.1 Å². The second-order valence-electron chi connectivity index (χ2n) is 8.16. The van der Waals surface area contributed by atoms with Gasteiger partial charge in [0.25, 0.3) is 0 Å². The van der Waals surface area contributed by atoms with Crippen LogP contribution in [0.25, 0.3) is 16.7 Å². The lowest BCUT2D eigenvalue weighted by Gasteiger charge is -2.33. The Kier molecular flexibility index (Phi) is 6.13. The average Bonchev–Trinajstić information content (AvgIpc) is 3.12. The highest BCUT2D eigenvalue weighted by Crippen LogP contribution is 2.25. The predicted molar refractivity (Wildman–Crippen MR) is 117 cm³/mol. The van der Waals surface area contributed by atoms with Crippen LogP contribution < -0.4 is 0 Å². The fourth-order valence-electron chi connectivity index (χ4n) is 4.42. The summed E-state index contributed by atoms with van der Waals surface area (Å²) in [6.45, 7) is 5.26. The molecule has 0 aliphatic carbocycles. The molecular weight excluding hydrogens is 379 g/mol. The van der Waals surface area contributed by atoms with E-state index in [9.17, 15) is 9.18 Å². The number of nitrogens with zero attached hydrogens (tertiary/aromatic N) is 4. The Morgan fingerprint density at radius 2 is 1.97 bits per heavy atom. The molecule has 2 aromatic carbocycles. The number of rotatable bonds is 6. The summed E-state index contributed by atoms with van der Waals surface area (Å²) in [7, 11) is 1.90. The van der Waals surface area contributed by atoms with Gasteiger partial charge in [0, 0.05) is 25.8 Å². The molecule has 0 spiro atoms. The van der Waals surface area contributed by atoms with Gasteiger partial charge in [0.1, 0.15) is 11.6 Å². The highest BCUT2D eigenvalue weighted by atomic mass is 19.1. The molecule has 1 aliphatic heterocycles. The number of benzene rings is 2. The molecule has 30 heavy (non-hydrogen) atoms. The quantitative estimate of drug-likeness (QED) is 0.612. The number of carbonyl (C=O) groups is 1. The number of likely N-dealkylation sites (tertiary alicyclic amines) is 1. The summed E-state index contributed by atoms with van der Waals surface area (Å²) in [4.78, 5) is 21.9. The zero-order valence-electron chi connectivity index (χ0n) is 17.7. The van der Waals surface area contributed by atoms with Gasteiger partial charge in [-0.1, -0.05) is 19.1 Å². The number of piperidine rings is 1. The molecule has 1 fully saturated rings. The standard InChI is InChI=1S/C24H29FN4O/c1-3-14-27(2)24(30)18-7-6-15-28(16-18)17-23-26-21-8-4-5-9-22(21)29(23)20-12-10-19(25)11-13-20/h4-5,8-13,18H,3,6-7,14-17H2,1-2H3/t18-/m1/s1. The van der Waals surface area contributed by atoms with Crippen LogP contribution in [0.2, 0.25) is 0 Å². The van der Waals surface area contributed by atoms with Crippen LogP contribution in [0.1, 0.15) is 32.0 Å². The van der Waals surface area contributed by atoms with E-state index in [-0.39, 0.29) is 17.6 Å². The number of para-hydroxylation sites is 2. The van der Waals surface area contributed by atoms with Crippen molar-refractivity contribution in [1.29, 1.82) is 0 Å². The third-order valence-electron chi connectivity index (χ3n) is 5.87. The SMILES string of the molecule is CCCN(C)C(=O)[C@@H]1CCCN(Cc2nc3ccccc3n2-c2ccc(F)cc2)C1. The van der Waals surface area contributed by atoms with Gasteiger partial charge in [-0.15, -0.1) is 0 Å². The molecule has 3 aromatic rings. The van der Waals surface area contributed by atoms with Crippen molar-refractivity contribution < 1.29 is 9.18 Å². The van der Waals surface area contributed by atoms with Crippen LogP contribution >= 0.6 is 0 Å². The number of carbonyl (C=O) groups excluding carboxylic acids is 1. The van der Waals surface area contributed by atoms with Gasteiger partial charge in [-0.2, -0.15) is 0 Å². The smallest absolute Gasteiger partial charge is 0.226 e. The molecule has 2 heterocycles. The van der Waals surface area contributed by atoms with Crippen molar-refractivity contribution in [3.63, 3.8) is 0 Å². The molecule has 4 rings (SSSR count). The van der Waals surface area contributed by atoms with Crippen LogP contribution in [-0.2, 0) is 11.3 Å². The number of aromatic nitrogens is 2. The number of amides is 1. The molecule has 1 saturated heterocycles. The largest absolute Gasteiger partial charge is 0.345 e. The first-order valence-corrected chi connectivity index (χ1v) is 10.8. The van der Waals surface area contributed by atoms with Crippen LogP contribution in [-0.4, -0.2) is 51.9 Å². The van der Waals surface area contributed by atoms with Crippen molar-refractivity contribution >= 4 is 16.9 Å². The molecule has 1 aliphatic rings. The first-order chi connectivity index (χ1) is 14.6. The Balaban J connectivity index is 1.60. The summed E-state index contributed by atoms with van der Waals surface area (Å²) in [6.07, 6.45) is 2.92. The number of hydrogen-bond donors (Lipinski definition) is 0. The summed E-state index contributed by atoms with van der Waals surface area (Å²) >= 11 is 0. The number of imidazole rings is 1. The molecule has 6 heteroatoms. The van der Waals surface area contributed by atoms with Gasteiger partial charge in [-0.25, -0.2) is 9.37 Å². The Morgan fingerprint density at radius 1 is 1.20 bits per heavy atom. The molecule has 1 atom stereocenters. The number of fused-ring (bicyclic) bond motifs is 1. The maximum atomic E-state index is 13.5. The Labute approximate surface area is 177 Å². The van der Waals surface area contributed by atoms with Gasteiger partial charge in [-0.3, -0.25) is 14.3 Å². The predicted octanol–water partition coefficient (Wildman–Crippen LogP) is 4.25. The molecule has 0 saturated carbocycles. The van der Waals surface area contributed by atoms with E-state index in [1.807, 2.05) is 36.2 Å². The zero-order valence-corrected chi connectivity index (χ0v) is 17.7. The van der Waals surface area contributed by atoms with Crippen molar-refractivity contribution in [2.75, 3.05) is 26.7 Å². The molecular formula is C24H29FN4O. The first-order valence-electron chi connectivity index (χ1n) is 10.8. The van der Waals surface area contributed by atoms with Gasteiger partial charge >= 0.3 is 0 Å². The van der Waals surface area contributed by atoms with Crippen molar-refractivity contribution in [2.45, 2.75) is 32.7 Å². The van der Waals surface area contributed by atoms with E-state index in [0.717, 1.165) is 61.4 Å². The summed E-state index contributed by atoms with van der Waals surface area (Å²) in [5, 5.41) is 0. The number of halogens is 1. The Morgan fingerprint density at radius 3 is 2.73 bits per heavy atom. The van der Waals surface area contributed by atoms with Gasteiger partial charge in [0.05, 0.1) is 23.5 Å². The van der Waals surface area contributed by atoms with E-state index in [4.69, 9.17) is 4.98 Å².